The van der Waals surface area contributed by atoms with Gasteiger partial charge in [-0.3, -0.25) is 4.79 Å². The SMILES string of the molecule is CC1(C)C(O)CC1Nc1cnn(CC2CC2)c(=O)c1Br. The average molecular weight is 342 g/mol. The van der Waals surface area contributed by atoms with Gasteiger partial charge in [0.1, 0.15) is 4.47 Å². The minimum absolute atomic E-state index is 0.0837. The molecule has 1 heterocycles. The van der Waals surface area contributed by atoms with Crippen LogP contribution in [-0.4, -0.2) is 27.0 Å². The molecule has 110 valence electrons. The highest BCUT2D eigenvalue weighted by Gasteiger charge is 2.47. The molecule has 1 aromatic heterocycles. The fraction of sp³-hybridized carbons (Fsp3) is 0.714. The van der Waals surface area contributed by atoms with Crippen molar-refractivity contribution in [3.05, 3.63) is 21.0 Å². The minimum atomic E-state index is -0.290. The molecule has 0 saturated heterocycles. The summed E-state index contributed by atoms with van der Waals surface area (Å²) in [4.78, 5) is 12.2. The van der Waals surface area contributed by atoms with Crippen molar-refractivity contribution in [2.45, 2.75) is 51.8 Å². The lowest BCUT2D eigenvalue weighted by molar-refractivity contribution is -0.0510. The van der Waals surface area contributed by atoms with Gasteiger partial charge in [-0.1, -0.05) is 13.8 Å². The Morgan fingerprint density at radius 1 is 1.55 bits per heavy atom. The van der Waals surface area contributed by atoms with Gasteiger partial charge in [0.25, 0.3) is 5.56 Å². The molecular weight excluding hydrogens is 322 g/mol. The van der Waals surface area contributed by atoms with Crippen LogP contribution >= 0.6 is 15.9 Å². The van der Waals surface area contributed by atoms with Crippen molar-refractivity contribution in [2.75, 3.05) is 5.32 Å². The van der Waals surface area contributed by atoms with E-state index in [4.69, 9.17) is 0 Å². The highest BCUT2D eigenvalue weighted by atomic mass is 79.9. The second-order valence-electron chi connectivity index (χ2n) is 6.57. The van der Waals surface area contributed by atoms with Crippen LogP contribution in [0.25, 0.3) is 0 Å². The number of hydrogen-bond donors (Lipinski definition) is 2. The first kappa shape index (κ1) is 14.1. The summed E-state index contributed by atoms with van der Waals surface area (Å²) in [5, 5.41) is 17.3. The quantitative estimate of drug-likeness (QED) is 0.878. The van der Waals surface area contributed by atoms with E-state index in [2.05, 4.69) is 26.3 Å². The molecule has 3 rings (SSSR count). The second-order valence-corrected chi connectivity index (χ2v) is 7.37. The predicted molar refractivity (Wildman–Crippen MR) is 80.7 cm³/mol. The zero-order valence-corrected chi connectivity index (χ0v) is 13.4. The number of nitrogens with one attached hydrogen (secondary N) is 1. The van der Waals surface area contributed by atoms with Crippen LogP contribution in [0.15, 0.2) is 15.5 Å². The van der Waals surface area contributed by atoms with Gasteiger partial charge in [0.15, 0.2) is 0 Å². The largest absolute Gasteiger partial charge is 0.392 e. The number of halogens is 1. The molecule has 0 bridgehead atoms. The van der Waals surface area contributed by atoms with Crippen LogP contribution < -0.4 is 10.9 Å². The lowest BCUT2D eigenvalue weighted by Gasteiger charge is -2.49. The van der Waals surface area contributed by atoms with E-state index in [0.29, 0.717) is 29.0 Å². The van der Waals surface area contributed by atoms with Gasteiger partial charge < -0.3 is 10.4 Å². The van der Waals surface area contributed by atoms with Crippen molar-refractivity contribution in [1.82, 2.24) is 9.78 Å². The highest BCUT2D eigenvalue weighted by Crippen LogP contribution is 2.42. The molecule has 20 heavy (non-hydrogen) atoms. The standard InChI is InChI=1S/C14H20BrN3O2/c1-14(2)10(5-11(14)19)17-9-6-16-18(7-8-3-4-8)13(20)12(9)15/h6,8,10-11,17,19H,3-5,7H2,1-2H3. The van der Waals surface area contributed by atoms with Gasteiger partial charge in [-0.15, -0.1) is 0 Å². The maximum absolute atomic E-state index is 12.2. The average Bonchev–Trinajstić information content (AvgIpc) is 3.21. The van der Waals surface area contributed by atoms with E-state index in [1.54, 1.807) is 6.20 Å². The van der Waals surface area contributed by atoms with Crippen LogP contribution in [0, 0.1) is 11.3 Å². The summed E-state index contributed by atoms with van der Waals surface area (Å²) < 4.78 is 2.07. The van der Waals surface area contributed by atoms with E-state index < -0.39 is 0 Å². The molecule has 0 aromatic carbocycles. The van der Waals surface area contributed by atoms with E-state index in [-0.39, 0.29) is 23.1 Å². The van der Waals surface area contributed by atoms with Crippen LogP contribution in [0.2, 0.25) is 0 Å². The van der Waals surface area contributed by atoms with E-state index in [1.165, 1.54) is 17.5 Å². The molecular formula is C14H20BrN3O2. The first-order valence-corrected chi connectivity index (χ1v) is 7.89. The van der Waals surface area contributed by atoms with Crippen molar-refractivity contribution in [2.24, 2.45) is 11.3 Å². The van der Waals surface area contributed by atoms with Gasteiger partial charge in [0, 0.05) is 18.0 Å². The number of rotatable bonds is 4. The van der Waals surface area contributed by atoms with E-state index in [1.807, 2.05) is 13.8 Å². The minimum Gasteiger partial charge on any atom is -0.392 e. The number of aromatic nitrogens is 2. The van der Waals surface area contributed by atoms with E-state index in [9.17, 15) is 9.90 Å². The number of nitrogens with zero attached hydrogens (tertiary/aromatic N) is 2. The van der Waals surface area contributed by atoms with Crippen LogP contribution in [0.3, 0.4) is 0 Å². The monoisotopic (exact) mass is 341 g/mol. The molecule has 2 unspecified atom stereocenters. The highest BCUT2D eigenvalue weighted by molar-refractivity contribution is 9.10. The normalized spacial score (nSPS) is 28.0. The topological polar surface area (TPSA) is 67.2 Å². The fourth-order valence-electron chi connectivity index (χ4n) is 2.58. The van der Waals surface area contributed by atoms with Gasteiger partial charge in [0.05, 0.1) is 18.0 Å². The molecule has 1 aromatic rings. The van der Waals surface area contributed by atoms with Gasteiger partial charge >= 0.3 is 0 Å². The Balaban J connectivity index is 1.77. The molecule has 0 aliphatic heterocycles. The molecule has 2 aliphatic rings. The summed E-state index contributed by atoms with van der Waals surface area (Å²) in [6, 6.07) is 0.161. The number of aliphatic hydroxyl groups excluding tert-OH is 1. The Kier molecular flexibility index (Phi) is 3.41. The van der Waals surface area contributed by atoms with Crippen molar-refractivity contribution in [3.63, 3.8) is 0 Å². The summed E-state index contributed by atoms with van der Waals surface area (Å²) in [7, 11) is 0. The first-order valence-electron chi connectivity index (χ1n) is 7.10. The van der Waals surface area contributed by atoms with Crippen LogP contribution in [0.5, 0.6) is 0 Å². The molecule has 0 spiro atoms. The maximum atomic E-state index is 12.2. The molecule has 6 heteroatoms. The van der Waals surface area contributed by atoms with Crippen LogP contribution in [0.4, 0.5) is 5.69 Å². The molecule has 0 radical (unpaired) electrons. The lowest BCUT2D eigenvalue weighted by Crippen LogP contribution is -2.57. The summed E-state index contributed by atoms with van der Waals surface area (Å²) in [5.74, 6) is 0.617. The van der Waals surface area contributed by atoms with Crippen LogP contribution in [0.1, 0.15) is 33.1 Å². The molecule has 0 amide bonds. The third-order valence-corrected chi connectivity index (χ3v) is 5.42. The van der Waals surface area contributed by atoms with Crippen molar-refractivity contribution in [3.8, 4) is 0 Å². The second kappa shape index (κ2) is 4.84. The summed E-state index contributed by atoms with van der Waals surface area (Å²) in [6.45, 7) is 4.76. The maximum Gasteiger partial charge on any atom is 0.283 e. The Labute approximate surface area is 126 Å². The van der Waals surface area contributed by atoms with Gasteiger partial charge in [-0.05, 0) is 41.1 Å². The molecule has 2 atom stereocenters. The summed E-state index contributed by atoms with van der Waals surface area (Å²) >= 11 is 3.38. The molecule has 5 nitrogen and oxygen atoms in total. The summed E-state index contributed by atoms with van der Waals surface area (Å²) in [6.07, 6.45) is 4.50. The van der Waals surface area contributed by atoms with Crippen molar-refractivity contribution in [1.29, 1.82) is 0 Å². The van der Waals surface area contributed by atoms with E-state index in [0.717, 1.165) is 0 Å². The smallest absolute Gasteiger partial charge is 0.283 e. The number of hydrogen-bond acceptors (Lipinski definition) is 4. The van der Waals surface area contributed by atoms with Gasteiger partial charge in [0.2, 0.25) is 0 Å². The third-order valence-electron chi connectivity index (χ3n) is 4.66. The zero-order valence-electron chi connectivity index (χ0n) is 11.8. The van der Waals surface area contributed by atoms with E-state index >= 15 is 0 Å². The van der Waals surface area contributed by atoms with Crippen molar-refractivity contribution >= 4 is 21.6 Å². The third kappa shape index (κ3) is 2.39. The first-order chi connectivity index (χ1) is 9.39. The Morgan fingerprint density at radius 2 is 2.25 bits per heavy atom. The lowest BCUT2D eigenvalue weighted by atomic mass is 9.64. The van der Waals surface area contributed by atoms with Gasteiger partial charge in [-0.25, -0.2) is 4.68 Å². The molecule has 2 N–H and O–H groups in total. The molecule has 2 fully saturated rings. The predicted octanol–water partition coefficient (Wildman–Crippen LogP) is 1.99. The Bertz CT molecular complexity index is 580. The number of anilines is 1. The molecule has 2 aliphatic carbocycles. The van der Waals surface area contributed by atoms with Gasteiger partial charge in [-0.2, -0.15) is 5.10 Å². The Morgan fingerprint density at radius 3 is 2.80 bits per heavy atom. The van der Waals surface area contributed by atoms with Crippen molar-refractivity contribution < 1.29 is 5.11 Å². The summed E-state index contributed by atoms with van der Waals surface area (Å²) in [5.41, 5.74) is 0.453. The zero-order chi connectivity index (χ0) is 14.5. The number of aliphatic hydroxyl groups is 1. The Hall–Kier alpha value is -0.880. The van der Waals surface area contributed by atoms with Crippen LogP contribution in [-0.2, 0) is 6.54 Å². The fourth-order valence-corrected chi connectivity index (χ4v) is 3.00. The molecule has 2 saturated carbocycles.